The van der Waals surface area contributed by atoms with Gasteiger partial charge in [0.15, 0.2) is 0 Å². The van der Waals surface area contributed by atoms with Crippen molar-refractivity contribution in [2.24, 2.45) is 0 Å². The zero-order valence-corrected chi connectivity index (χ0v) is 19.2. The van der Waals surface area contributed by atoms with Gasteiger partial charge in [-0.15, -0.1) is 0 Å². The van der Waals surface area contributed by atoms with Crippen LogP contribution in [0.15, 0.2) is 65.3 Å². The number of carbonyl (C=O) groups is 1. The maximum atomic E-state index is 12.8. The highest BCUT2D eigenvalue weighted by Gasteiger charge is 2.34. The summed E-state index contributed by atoms with van der Waals surface area (Å²) in [5.41, 5.74) is 2.72. The van der Waals surface area contributed by atoms with Gasteiger partial charge in [0.25, 0.3) is 0 Å². The first-order valence-corrected chi connectivity index (χ1v) is 11.4. The Morgan fingerprint density at radius 3 is 2.68 bits per heavy atom. The predicted octanol–water partition coefficient (Wildman–Crippen LogP) is 5.97. The molecule has 2 aromatic carbocycles. The number of rotatable bonds is 7. The Balaban J connectivity index is 1.57. The van der Waals surface area contributed by atoms with E-state index >= 15 is 0 Å². The Morgan fingerprint density at radius 2 is 1.94 bits per heavy atom. The second kappa shape index (κ2) is 10.2. The second-order valence-electron chi connectivity index (χ2n) is 7.16. The standard InChI is InChI=1S/C22H21BrN3O4P/c23-18-10-8-17(9-11-18)20-13-24-21(26(20)15-30-31-28)19-7-4-12-25(19)22(27)29-14-16-5-2-1-3-6-16/h1-3,5-6,8-11,13,19H,4,7,12,14-15H2/t19-/m0/s1. The lowest BCUT2D eigenvalue weighted by Crippen LogP contribution is -2.32. The smallest absolute Gasteiger partial charge is 0.410 e. The van der Waals surface area contributed by atoms with Gasteiger partial charge in [-0.2, -0.15) is 0 Å². The van der Waals surface area contributed by atoms with Crippen molar-refractivity contribution in [1.29, 1.82) is 0 Å². The molecule has 160 valence electrons. The van der Waals surface area contributed by atoms with Gasteiger partial charge in [-0.05, 0) is 36.1 Å². The molecular weight excluding hydrogens is 481 g/mol. The van der Waals surface area contributed by atoms with E-state index in [0.29, 0.717) is 12.4 Å². The van der Waals surface area contributed by atoms with Crippen LogP contribution in [-0.2, 0) is 27.2 Å². The molecule has 4 rings (SSSR count). The molecule has 0 N–H and O–H groups in total. The fourth-order valence-corrected chi connectivity index (χ4v) is 4.21. The lowest BCUT2D eigenvalue weighted by Gasteiger charge is -2.24. The molecule has 31 heavy (non-hydrogen) atoms. The lowest BCUT2D eigenvalue weighted by atomic mass is 10.1. The minimum absolute atomic E-state index is 0.0647. The van der Waals surface area contributed by atoms with Crippen LogP contribution in [-0.4, -0.2) is 27.1 Å². The highest BCUT2D eigenvalue weighted by Crippen LogP contribution is 2.35. The number of halogens is 1. The largest absolute Gasteiger partial charge is 0.445 e. The third-order valence-electron chi connectivity index (χ3n) is 5.26. The van der Waals surface area contributed by atoms with Crippen LogP contribution in [0.2, 0.25) is 0 Å². The summed E-state index contributed by atoms with van der Waals surface area (Å²) in [7, 11) is -0.412. The molecule has 1 atom stereocenters. The Kier molecular flexibility index (Phi) is 7.12. The molecule has 1 aromatic heterocycles. The number of likely N-dealkylation sites (tertiary alicyclic amines) is 1. The predicted molar refractivity (Wildman–Crippen MR) is 119 cm³/mol. The van der Waals surface area contributed by atoms with Crippen LogP contribution >= 0.6 is 24.6 Å². The average Bonchev–Trinajstić information content (AvgIpc) is 3.44. The van der Waals surface area contributed by atoms with Gasteiger partial charge in [0, 0.05) is 11.0 Å². The summed E-state index contributed by atoms with van der Waals surface area (Å²) in [6.45, 7) is 0.883. The van der Waals surface area contributed by atoms with Crippen molar-refractivity contribution in [1.82, 2.24) is 14.5 Å². The van der Waals surface area contributed by atoms with Crippen molar-refractivity contribution in [3.8, 4) is 11.3 Å². The number of ether oxygens (including phenoxy) is 1. The van der Waals surface area contributed by atoms with Crippen molar-refractivity contribution in [3.63, 3.8) is 0 Å². The quantitative estimate of drug-likeness (QED) is 0.373. The number of carbonyl (C=O) groups excluding carboxylic acids is 1. The fraction of sp³-hybridized carbons (Fsp3) is 0.273. The zero-order valence-electron chi connectivity index (χ0n) is 16.7. The number of imidazole rings is 1. The van der Waals surface area contributed by atoms with E-state index in [1.807, 2.05) is 59.2 Å². The van der Waals surface area contributed by atoms with Crippen LogP contribution in [0.4, 0.5) is 4.79 Å². The molecule has 0 unspecified atom stereocenters. The van der Waals surface area contributed by atoms with E-state index < -0.39 is 8.69 Å². The summed E-state index contributed by atoms with van der Waals surface area (Å²) in [4.78, 5) is 19.1. The van der Waals surface area contributed by atoms with Crippen LogP contribution in [0, 0.1) is 0 Å². The first-order valence-electron chi connectivity index (χ1n) is 9.90. The highest BCUT2D eigenvalue weighted by atomic mass is 79.9. The molecule has 1 aliphatic rings. The first kappa shape index (κ1) is 21.7. The topological polar surface area (TPSA) is 73.7 Å². The van der Waals surface area contributed by atoms with Crippen molar-refractivity contribution >= 4 is 30.7 Å². The molecule has 1 saturated heterocycles. The van der Waals surface area contributed by atoms with Crippen LogP contribution in [0.1, 0.15) is 30.3 Å². The maximum absolute atomic E-state index is 12.8. The number of aromatic nitrogens is 2. The molecule has 0 bridgehead atoms. The van der Waals surface area contributed by atoms with E-state index in [0.717, 1.165) is 34.1 Å². The molecule has 0 saturated carbocycles. The summed E-state index contributed by atoms with van der Waals surface area (Å²) in [5.74, 6) is 0.690. The van der Waals surface area contributed by atoms with Gasteiger partial charge >= 0.3 is 14.8 Å². The summed E-state index contributed by atoms with van der Waals surface area (Å²) in [5, 5.41) is 0. The molecule has 0 spiro atoms. The molecule has 7 nitrogen and oxygen atoms in total. The van der Waals surface area contributed by atoms with Crippen molar-refractivity contribution in [2.45, 2.75) is 32.2 Å². The van der Waals surface area contributed by atoms with Gasteiger partial charge in [0.2, 0.25) is 0 Å². The van der Waals surface area contributed by atoms with Crippen LogP contribution in [0.25, 0.3) is 11.3 Å². The van der Waals surface area contributed by atoms with Gasteiger partial charge in [0.1, 0.15) is 19.2 Å². The lowest BCUT2D eigenvalue weighted by molar-refractivity contribution is 0.0894. The molecule has 2 heterocycles. The Labute approximate surface area is 190 Å². The SMILES string of the molecule is O=POCn1c(-c2ccc(Br)cc2)cnc1[C@@H]1CCCN1C(=O)OCc1ccccc1. The minimum atomic E-state index is -0.412. The van der Waals surface area contributed by atoms with Crippen molar-refractivity contribution < 1.29 is 18.6 Å². The summed E-state index contributed by atoms with van der Waals surface area (Å²) < 4.78 is 24.5. The molecule has 3 aromatic rings. The number of nitrogens with zero attached hydrogens (tertiary/aromatic N) is 3. The van der Waals surface area contributed by atoms with Gasteiger partial charge in [-0.25, -0.2) is 14.3 Å². The maximum Gasteiger partial charge on any atom is 0.410 e. The first-order chi connectivity index (χ1) is 15.2. The van der Waals surface area contributed by atoms with Gasteiger partial charge in [0.05, 0.1) is 17.9 Å². The van der Waals surface area contributed by atoms with Crippen molar-refractivity contribution in [3.05, 3.63) is 76.7 Å². The van der Waals surface area contributed by atoms with E-state index in [9.17, 15) is 9.36 Å². The van der Waals surface area contributed by atoms with E-state index in [4.69, 9.17) is 9.26 Å². The number of hydrogen-bond acceptors (Lipinski definition) is 5. The number of hydrogen-bond donors (Lipinski definition) is 0. The molecular formula is C22H21BrN3O4P. The Bertz CT molecular complexity index is 1040. The van der Waals surface area contributed by atoms with Crippen molar-refractivity contribution in [2.75, 3.05) is 6.54 Å². The van der Waals surface area contributed by atoms with Crippen LogP contribution < -0.4 is 0 Å². The number of amides is 1. The average molecular weight is 502 g/mol. The zero-order chi connectivity index (χ0) is 21.6. The van der Waals surface area contributed by atoms with E-state index in [1.54, 1.807) is 11.1 Å². The third-order valence-corrected chi connectivity index (χ3v) is 6.01. The fourth-order valence-electron chi connectivity index (χ4n) is 3.78. The van der Waals surface area contributed by atoms with Gasteiger partial charge in [-0.3, -0.25) is 9.42 Å². The normalized spacial score (nSPS) is 16.0. The Morgan fingerprint density at radius 1 is 1.16 bits per heavy atom. The number of benzene rings is 2. The molecule has 1 amide bonds. The van der Waals surface area contributed by atoms with Crippen LogP contribution in [0.3, 0.4) is 0 Å². The monoisotopic (exact) mass is 501 g/mol. The van der Waals surface area contributed by atoms with E-state index in [-0.39, 0.29) is 25.5 Å². The molecule has 1 fully saturated rings. The minimum Gasteiger partial charge on any atom is -0.445 e. The Hall–Kier alpha value is -2.54. The molecule has 1 aliphatic heterocycles. The van der Waals surface area contributed by atoms with Crippen LogP contribution in [0.5, 0.6) is 0 Å². The second-order valence-corrected chi connectivity index (χ2v) is 8.48. The highest BCUT2D eigenvalue weighted by molar-refractivity contribution is 9.10. The third kappa shape index (κ3) is 5.03. The molecule has 9 heteroatoms. The van der Waals surface area contributed by atoms with Gasteiger partial charge < -0.3 is 9.30 Å². The molecule has 0 aliphatic carbocycles. The molecule has 0 radical (unpaired) electrons. The summed E-state index contributed by atoms with van der Waals surface area (Å²) in [6, 6.07) is 17.2. The summed E-state index contributed by atoms with van der Waals surface area (Å²) in [6.07, 6.45) is 3.02. The summed E-state index contributed by atoms with van der Waals surface area (Å²) >= 11 is 3.45. The van der Waals surface area contributed by atoms with E-state index in [1.165, 1.54) is 0 Å². The van der Waals surface area contributed by atoms with Gasteiger partial charge in [-0.1, -0.05) is 58.4 Å². The van der Waals surface area contributed by atoms with E-state index in [2.05, 4.69) is 20.9 Å².